The van der Waals surface area contributed by atoms with Gasteiger partial charge in [-0.3, -0.25) is 4.79 Å². The van der Waals surface area contributed by atoms with Crippen molar-refractivity contribution in [3.05, 3.63) is 44.1 Å². The number of carbonyl (C=O) groups is 1. The number of hydrogen-bond donors (Lipinski definition) is 2. The van der Waals surface area contributed by atoms with Crippen molar-refractivity contribution < 1.29 is 31.1 Å². The molecule has 1 aromatic heterocycles. The largest absolute Gasteiger partial charge is 0.435 e. The van der Waals surface area contributed by atoms with E-state index < -0.39 is 56.3 Å². The van der Waals surface area contributed by atoms with Crippen molar-refractivity contribution in [3.8, 4) is 0 Å². The fourth-order valence-electron chi connectivity index (χ4n) is 1.69. The average Bonchev–Trinajstić information content (AvgIpc) is 2.89. The topological polar surface area (TPSA) is 68.0 Å². The third-order valence-corrected chi connectivity index (χ3v) is 4.48. The predicted molar refractivity (Wildman–Crippen MR) is 76.7 cm³/mol. The lowest BCUT2D eigenvalue weighted by atomic mass is 10.2. The molecular formula is C12H6BrF6N3OS. The molecule has 0 spiro atoms. The number of nitrogen functional groups attached to an aromatic ring is 1. The van der Waals surface area contributed by atoms with Crippen LogP contribution >= 0.6 is 27.3 Å². The zero-order chi connectivity index (χ0) is 18.2. The van der Waals surface area contributed by atoms with Gasteiger partial charge in [-0.25, -0.2) is 18.2 Å². The molecule has 1 amide bonds. The second kappa shape index (κ2) is 6.59. The molecule has 0 aliphatic rings. The first-order chi connectivity index (χ1) is 11.0. The van der Waals surface area contributed by atoms with E-state index >= 15 is 0 Å². The van der Waals surface area contributed by atoms with Crippen LogP contribution < -0.4 is 11.1 Å². The number of anilines is 1. The number of halogens is 7. The lowest BCUT2D eigenvalue weighted by Crippen LogP contribution is -2.25. The lowest BCUT2D eigenvalue weighted by Gasteiger charge is -2.10. The number of nitrogens with one attached hydrogen (secondary N) is 1. The highest BCUT2D eigenvalue weighted by Crippen LogP contribution is 2.35. The molecule has 0 saturated carbocycles. The summed E-state index contributed by atoms with van der Waals surface area (Å²) in [5.41, 5.74) is 3.52. The van der Waals surface area contributed by atoms with Gasteiger partial charge in [0.05, 0.1) is 4.47 Å². The molecule has 2 aromatic rings. The quantitative estimate of drug-likeness (QED) is 0.438. The normalized spacial score (nSPS) is 11.6. The van der Waals surface area contributed by atoms with Crippen molar-refractivity contribution in [3.63, 3.8) is 0 Å². The highest BCUT2D eigenvalue weighted by Gasteiger charge is 2.39. The molecule has 0 unspecified atom stereocenters. The molecule has 0 fully saturated rings. The zero-order valence-corrected chi connectivity index (χ0v) is 13.7. The minimum atomic E-state index is -4.89. The summed E-state index contributed by atoms with van der Waals surface area (Å²) in [5, 5.41) is 1.58. The summed E-state index contributed by atoms with van der Waals surface area (Å²) in [6.45, 7) is -0.553. The van der Waals surface area contributed by atoms with Crippen LogP contribution in [0.2, 0.25) is 0 Å². The summed E-state index contributed by atoms with van der Waals surface area (Å²) in [7, 11) is 0. The first-order valence-electron chi connectivity index (χ1n) is 5.96. The molecule has 1 aromatic carbocycles. The van der Waals surface area contributed by atoms with E-state index in [0.29, 0.717) is 17.4 Å². The molecule has 12 heteroatoms. The number of thiazole rings is 1. The summed E-state index contributed by atoms with van der Waals surface area (Å²) < 4.78 is 77.4. The van der Waals surface area contributed by atoms with Crippen molar-refractivity contribution in [1.29, 1.82) is 0 Å². The molecule has 0 radical (unpaired) electrons. The standard InChI is InChI=1S/C12H6BrF6N3OS/c13-5-3(1-4(14)6(15)7(5)16)2-21-10(23)8-9(12(17,18)19)22-11(20)24-8/h1H,2H2,(H2,20,22)(H,21,23). The first-order valence-corrected chi connectivity index (χ1v) is 7.57. The average molecular weight is 434 g/mol. The summed E-state index contributed by atoms with van der Waals surface area (Å²) >= 11 is 2.99. The Bertz CT molecular complexity index is 807. The number of nitrogens with zero attached hydrogens (tertiary/aromatic N) is 1. The van der Waals surface area contributed by atoms with Crippen molar-refractivity contribution in [2.75, 3.05) is 5.73 Å². The van der Waals surface area contributed by atoms with Crippen molar-refractivity contribution in [2.45, 2.75) is 12.7 Å². The number of carbonyl (C=O) groups excluding carboxylic acids is 1. The van der Waals surface area contributed by atoms with Gasteiger partial charge in [-0.2, -0.15) is 13.2 Å². The molecule has 0 bridgehead atoms. The molecule has 0 saturated heterocycles. The fraction of sp³-hybridized carbons (Fsp3) is 0.167. The first kappa shape index (κ1) is 18.5. The maximum atomic E-state index is 13.4. The van der Waals surface area contributed by atoms with Gasteiger partial charge in [0, 0.05) is 6.54 Å². The van der Waals surface area contributed by atoms with Crippen molar-refractivity contribution in [2.24, 2.45) is 0 Å². The SMILES string of the molecule is Nc1nc(C(F)(F)F)c(C(=O)NCc2cc(F)c(F)c(F)c2Br)s1. The van der Waals surface area contributed by atoms with Crippen LogP contribution in [0.5, 0.6) is 0 Å². The number of rotatable bonds is 3. The maximum absolute atomic E-state index is 13.4. The monoisotopic (exact) mass is 433 g/mol. The Morgan fingerprint density at radius 2 is 1.92 bits per heavy atom. The lowest BCUT2D eigenvalue weighted by molar-refractivity contribution is -0.141. The van der Waals surface area contributed by atoms with Gasteiger partial charge in [0.25, 0.3) is 5.91 Å². The molecule has 0 aliphatic carbocycles. The van der Waals surface area contributed by atoms with E-state index in [1.165, 1.54) is 0 Å². The highest BCUT2D eigenvalue weighted by molar-refractivity contribution is 9.10. The van der Waals surface area contributed by atoms with Crippen molar-refractivity contribution in [1.82, 2.24) is 10.3 Å². The summed E-state index contributed by atoms with van der Waals surface area (Å²) in [6, 6.07) is 0.606. The van der Waals surface area contributed by atoms with Gasteiger partial charge < -0.3 is 11.1 Å². The zero-order valence-electron chi connectivity index (χ0n) is 11.3. The molecule has 24 heavy (non-hydrogen) atoms. The Morgan fingerprint density at radius 3 is 2.50 bits per heavy atom. The van der Waals surface area contributed by atoms with Crippen LogP contribution in [0.15, 0.2) is 10.5 Å². The smallest absolute Gasteiger partial charge is 0.375 e. The van der Waals surface area contributed by atoms with Crippen LogP contribution in [0, 0.1) is 17.5 Å². The van der Waals surface area contributed by atoms with E-state index in [1.807, 2.05) is 5.32 Å². The third-order valence-electron chi connectivity index (χ3n) is 2.74. The van der Waals surface area contributed by atoms with Crippen LogP contribution in [0.1, 0.15) is 20.9 Å². The summed E-state index contributed by atoms with van der Waals surface area (Å²) in [4.78, 5) is 14.1. The Morgan fingerprint density at radius 1 is 1.29 bits per heavy atom. The number of amides is 1. The maximum Gasteiger partial charge on any atom is 0.435 e. The van der Waals surface area contributed by atoms with Crippen LogP contribution in [0.3, 0.4) is 0 Å². The number of aromatic nitrogens is 1. The number of hydrogen-bond acceptors (Lipinski definition) is 4. The van der Waals surface area contributed by atoms with Gasteiger partial charge in [0.15, 0.2) is 28.3 Å². The Hall–Kier alpha value is -1.82. The van der Waals surface area contributed by atoms with E-state index in [0.717, 1.165) is 0 Å². The second-order valence-corrected chi connectivity index (χ2v) is 6.19. The summed E-state index contributed by atoms with van der Waals surface area (Å²) in [6.07, 6.45) is -4.89. The van der Waals surface area contributed by atoms with Gasteiger partial charge in [0.2, 0.25) is 0 Å². The number of benzene rings is 1. The Labute approximate surface area is 142 Å². The summed E-state index contributed by atoms with van der Waals surface area (Å²) in [5.74, 6) is -5.92. The molecule has 3 N–H and O–H groups in total. The predicted octanol–water partition coefficient (Wildman–Crippen LogP) is 3.85. The fourth-order valence-corrected chi connectivity index (χ4v) is 2.89. The van der Waals surface area contributed by atoms with Gasteiger partial charge in [-0.1, -0.05) is 11.3 Å². The third kappa shape index (κ3) is 3.64. The van der Waals surface area contributed by atoms with E-state index in [9.17, 15) is 31.1 Å². The second-order valence-electron chi connectivity index (χ2n) is 4.37. The molecular weight excluding hydrogens is 428 g/mol. The van der Waals surface area contributed by atoms with E-state index in [-0.39, 0.29) is 5.56 Å². The van der Waals surface area contributed by atoms with Crippen molar-refractivity contribution >= 4 is 38.3 Å². The van der Waals surface area contributed by atoms with Crippen LogP contribution in [-0.4, -0.2) is 10.9 Å². The molecule has 4 nitrogen and oxygen atoms in total. The van der Waals surface area contributed by atoms with Gasteiger partial charge in [-0.05, 0) is 27.6 Å². The molecule has 2 rings (SSSR count). The van der Waals surface area contributed by atoms with Gasteiger partial charge >= 0.3 is 6.18 Å². The number of nitrogens with two attached hydrogens (primary N) is 1. The van der Waals surface area contributed by atoms with Crippen LogP contribution in [0.25, 0.3) is 0 Å². The van der Waals surface area contributed by atoms with Gasteiger partial charge in [0.1, 0.15) is 4.88 Å². The molecule has 1 heterocycles. The molecule has 0 aliphatic heterocycles. The van der Waals surface area contributed by atoms with Gasteiger partial charge in [-0.15, -0.1) is 0 Å². The number of alkyl halides is 3. The Kier molecular flexibility index (Phi) is 5.08. The van der Waals surface area contributed by atoms with E-state index in [4.69, 9.17) is 5.73 Å². The van der Waals surface area contributed by atoms with E-state index in [2.05, 4.69) is 20.9 Å². The highest BCUT2D eigenvalue weighted by atomic mass is 79.9. The molecule has 130 valence electrons. The minimum Gasteiger partial charge on any atom is -0.375 e. The molecule has 0 atom stereocenters. The Balaban J connectivity index is 2.24. The van der Waals surface area contributed by atoms with Crippen LogP contribution in [0.4, 0.5) is 31.5 Å². The van der Waals surface area contributed by atoms with Crippen LogP contribution in [-0.2, 0) is 12.7 Å². The van der Waals surface area contributed by atoms with E-state index in [1.54, 1.807) is 0 Å². The minimum absolute atomic E-state index is 0.203.